The number of hydrogen-bond donors (Lipinski definition) is 0. The SMILES string of the molecule is Cc1cc(-c2ccccc2)cc(C)c1-c1c[n+]2n(n1)-c1cccc3c1C21c2c(cccc2Oc2cc(C(C)(C)C)cc[n+]21)O3. The third-order valence-corrected chi connectivity index (χ3v) is 9.35. The lowest BCUT2D eigenvalue weighted by Gasteiger charge is -2.33. The van der Waals surface area contributed by atoms with Crippen LogP contribution in [-0.2, 0) is 11.1 Å². The van der Waals surface area contributed by atoms with Gasteiger partial charge in [-0.3, -0.25) is 0 Å². The summed E-state index contributed by atoms with van der Waals surface area (Å²) in [6, 6.07) is 31.8. The van der Waals surface area contributed by atoms with Gasteiger partial charge in [-0.1, -0.05) is 80.1 Å². The van der Waals surface area contributed by atoms with E-state index in [4.69, 9.17) is 14.6 Å². The zero-order valence-electron chi connectivity index (χ0n) is 25.4. The molecule has 1 spiro atoms. The molecule has 6 nitrogen and oxygen atoms in total. The molecule has 0 saturated carbocycles. The van der Waals surface area contributed by atoms with Crippen molar-refractivity contribution < 1.29 is 18.7 Å². The van der Waals surface area contributed by atoms with Crippen molar-refractivity contribution in [1.29, 1.82) is 0 Å². The van der Waals surface area contributed by atoms with E-state index in [0.29, 0.717) is 0 Å². The molecule has 1 unspecified atom stereocenters. The van der Waals surface area contributed by atoms with Crippen LogP contribution in [0.1, 0.15) is 48.6 Å². The quantitative estimate of drug-likeness (QED) is 0.200. The highest BCUT2D eigenvalue weighted by Gasteiger charge is 2.69. The summed E-state index contributed by atoms with van der Waals surface area (Å²) >= 11 is 0. The molecule has 1 atom stereocenters. The van der Waals surface area contributed by atoms with E-state index in [9.17, 15) is 0 Å². The monoisotopic (exact) mass is 576 g/mol. The summed E-state index contributed by atoms with van der Waals surface area (Å²) in [5.74, 6) is 3.19. The number of hydrogen-bond acceptors (Lipinski definition) is 3. The van der Waals surface area contributed by atoms with Crippen LogP contribution in [0.3, 0.4) is 0 Å². The molecule has 0 saturated heterocycles. The summed E-state index contributed by atoms with van der Waals surface area (Å²) in [6.45, 7) is 11.1. The third kappa shape index (κ3) is 3.17. The van der Waals surface area contributed by atoms with Crippen LogP contribution in [0.4, 0.5) is 0 Å². The van der Waals surface area contributed by atoms with Gasteiger partial charge in [0.1, 0.15) is 17.2 Å². The number of nitrogens with zero attached hydrogens (tertiary/aromatic N) is 4. The second kappa shape index (κ2) is 8.44. The van der Waals surface area contributed by atoms with Gasteiger partial charge in [0.2, 0.25) is 5.69 Å². The van der Waals surface area contributed by atoms with Crippen LogP contribution in [-0.4, -0.2) is 9.90 Å². The van der Waals surface area contributed by atoms with E-state index in [1.54, 1.807) is 0 Å². The van der Waals surface area contributed by atoms with E-state index < -0.39 is 5.66 Å². The Labute approximate surface area is 256 Å². The highest BCUT2D eigenvalue weighted by molar-refractivity contribution is 5.75. The molecule has 5 heterocycles. The van der Waals surface area contributed by atoms with Gasteiger partial charge in [0.15, 0.2) is 29.3 Å². The van der Waals surface area contributed by atoms with Crippen molar-refractivity contribution in [3.8, 4) is 51.2 Å². The van der Waals surface area contributed by atoms with Crippen LogP contribution in [0.25, 0.3) is 28.1 Å². The molecule has 4 aromatic carbocycles. The number of fused-ring (bicyclic) bond motifs is 3. The lowest BCUT2D eigenvalue weighted by Crippen LogP contribution is -2.76. The van der Waals surface area contributed by atoms with Gasteiger partial charge in [-0.2, -0.15) is 0 Å². The Morgan fingerprint density at radius 2 is 1.41 bits per heavy atom. The van der Waals surface area contributed by atoms with E-state index in [2.05, 4.69) is 123 Å². The summed E-state index contributed by atoms with van der Waals surface area (Å²) in [4.78, 5) is 2.05. The molecule has 214 valence electrons. The maximum absolute atomic E-state index is 6.66. The minimum atomic E-state index is -0.781. The molecule has 0 bridgehead atoms. The topological polar surface area (TPSA) is 44.0 Å². The molecule has 2 aromatic heterocycles. The van der Waals surface area contributed by atoms with Gasteiger partial charge in [-0.25, -0.2) is 0 Å². The number of rotatable bonds is 2. The van der Waals surface area contributed by atoms with Gasteiger partial charge in [-0.05, 0) is 76.1 Å². The standard InChI is InChI=1S/C38H32N4O2/c1-23-19-26(25-11-7-6-8-12-25)20-24(2)34(23)28-22-41-38-35-29(42(41)39-28)13-9-14-30(35)43-31-15-10-16-32(36(31)38)44-33-21-27(37(3,4)5)17-18-40(33)38/h6-22H,1-5H3/q+2. The summed E-state index contributed by atoms with van der Waals surface area (Å²) in [6.07, 6.45) is 4.37. The van der Waals surface area contributed by atoms with Gasteiger partial charge in [0, 0.05) is 11.6 Å². The zero-order chi connectivity index (χ0) is 30.0. The van der Waals surface area contributed by atoms with Crippen molar-refractivity contribution in [1.82, 2.24) is 9.90 Å². The van der Waals surface area contributed by atoms with E-state index in [0.717, 1.165) is 51.2 Å². The highest BCUT2D eigenvalue weighted by Crippen LogP contribution is 2.55. The lowest BCUT2D eigenvalue weighted by molar-refractivity contribution is -0.998. The largest absolute Gasteiger partial charge is 0.456 e. The highest BCUT2D eigenvalue weighted by atomic mass is 16.5. The smallest absolute Gasteiger partial charge is 0.395 e. The Kier molecular flexibility index (Phi) is 4.85. The van der Waals surface area contributed by atoms with Crippen molar-refractivity contribution in [3.05, 3.63) is 131 Å². The second-order valence-electron chi connectivity index (χ2n) is 13.1. The van der Waals surface area contributed by atoms with Crippen molar-refractivity contribution in [3.63, 3.8) is 0 Å². The van der Waals surface area contributed by atoms with Gasteiger partial charge < -0.3 is 9.47 Å². The molecule has 0 fully saturated rings. The van der Waals surface area contributed by atoms with Gasteiger partial charge in [-0.15, -0.1) is 4.57 Å². The minimum Gasteiger partial charge on any atom is -0.456 e. The Morgan fingerprint density at radius 1 is 0.727 bits per heavy atom. The van der Waals surface area contributed by atoms with E-state index in [1.807, 2.05) is 29.1 Å². The molecule has 6 aromatic rings. The molecule has 6 heteroatoms. The fourth-order valence-corrected chi connectivity index (χ4v) is 7.40. The van der Waals surface area contributed by atoms with Crippen molar-refractivity contribution in [2.24, 2.45) is 0 Å². The van der Waals surface area contributed by atoms with Crippen LogP contribution in [0.2, 0.25) is 0 Å². The average molecular weight is 577 g/mol. The number of benzene rings is 4. The Hall–Kier alpha value is -5.23. The molecule has 3 aliphatic heterocycles. The zero-order valence-corrected chi connectivity index (χ0v) is 25.4. The maximum atomic E-state index is 6.66. The Balaban J connectivity index is 1.33. The molecule has 0 amide bonds. The number of ether oxygens (including phenoxy) is 2. The first kappa shape index (κ1) is 25.3. The molecule has 0 radical (unpaired) electrons. The van der Waals surface area contributed by atoms with E-state index in [1.165, 1.54) is 27.8 Å². The molecular weight excluding hydrogens is 544 g/mol. The molecule has 0 N–H and O–H groups in total. The molecule has 9 rings (SSSR count). The molecule has 3 aliphatic rings. The van der Waals surface area contributed by atoms with E-state index in [-0.39, 0.29) is 5.41 Å². The first-order valence-corrected chi connectivity index (χ1v) is 15.1. The van der Waals surface area contributed by atoms with Crippen LogP contribution >= 0.6 is 0 Å². The fraction of sp³-hybridized carbons (Fsp3) is 0.184. The molecular formula is C38H32N4O2+2. The molecule has 0 aliphatic carbocycles. The summed E-state index contributed by atoms with van der Waals surface area (Å²) in [5.41, 5.74) is 10.3. The summed E-state index contributed by atoms with van der Waals surface area (Å²) in [5, 5.41) is 5.31. The third-order valence-electron chi connectivity index (χ3n) is 9.35. The van der Waals surface area contributed by atoms with E-state index >= 15 is 0 Å². The first-order valence-electron chi connectivity index (χ1n) is 15.1. The van der Waals surface area contributed by atoms with Gasteiger partial charge in [0.05, 0.1) is 11.2 Å². The Bertz CT molecular complexity index is 2170. The van der Waals surface area contributed by atoms with Crippen molar-refractivity contribution in [2.45, 2.75) is 45.7 Å². The number of aromatic nitrogens is 4. The van der Waals surface area contributed by atoms with Gasteiger partial charge >= 0.3 is 11.5 Å². The van der Waals surface area contributed by atoms with Crippen LogP contribution in [0.5, 0.6) is 23.1 Å². The predicted octanol–water partition coefficient (Wildman–Crippen LogP) is 7.52. The van der Waals surface area contributed by atoms with Crippen LogP contribution in [0.15, 0.2) is 103 Å². The Morgan fingerprint density at radius 3 is 2.14 bits per heavy atom. The second-order valence-corrected chi connectivity index (χ2v) is 13.1. The maximum Gasteiger partial charge on any atom is 0.395 e. The summed E-state index contributed by atoms with van der Waals surface area (Å²) in [7, 11) is 0. The first-order chi connectivity index (χ1) is 21.2. The number of aryl methyl sites for hydroxylation is 2. The van der Waals surface area contributed by atoms with Crippen molar-refractivity contribution >= 4 is 0 Å². The fourth-order valence-electron chi connectivity index (χ4n) is 7.40. The average Bonchev–Trinajstić information content (AvgIpc) is 3.55. The number of pyridine rings is 1. The predicted molar refractivity (Wildman–Crippen MR) is 168 cm³/mol. The normalized spacial score (nSPS) is 16.8. The minimum absolute atomic E-state index is 0.0315. The lowest BCUT2D eigenvalue weighted by atomic mass is 9.84. The summed E-state index contributed by atoms with van der Waals surface area (Å²) < 4.78 is 17.8. The molecule has 44 heavy (non-hydrogen) atoms. The van der Waals surface area contributed by atoms with Crippen LogP contribution in [0, 0.1) is 13.8 Å². The van der Waals surface area contributed by atoms with Crippen LogP contribution < -0.4 is 18.7 Å². The van der Waals surface area contributed by atoms with Crippen molar-refractivity contribution in [2.75, 3.05) is 0 Å². The van der Waals surface area contributed by atoms with Gasteiger partial charge in [0.25, 0.3) is 0 Å².